The van der Waals surface area contributed by atoms with E-state index in [1.807, 2.05) is 19.0 Å². The van der Waals surface area contributed by atoms with E-state index in [2.05, 4.69) is 25.8 Å². The van der Waals surface area contributed by atoms with E-state index in [1.54, 1.807) is 10.1 Å². The molecule has 1 unspecified atom stereocenters. The fraction of sp³-hybridized carbons (Fsp3) is 0.500. The maximum atomic E-state index is 12.8. The molecule has 2 aliphatic rings. The number of amides is 2. The summed E-state index contributed by atoms with van der Waals surface area (Å²) in [6.07, 6.45) is 0.000917. The van der Waals surface area contributed by atoms with Crippen molar-refractivity contribution in [2.75, 3.05) is 37.9 Å². The molecule has 198 valence electrons. The molecule has 13 nitrogen and oxygen atoms in total. The Morgan fingerprint density at radius 2 is 2.11 bits per heavy atom. The lowest BCUT2D eigenvalue weighted by molar-refractivity contribution is -0.150. The standard InChI is InChI=1S/C18H23N9O4S3.2ClH/c1-25(2)3-4-26-18(22-23-24-26)34-7-9-6-32-15-12(14(29)27(15)13(9)16(30)31)21-11(28)5-10-8-33-17(19)20-10;;/h8,12,15H,3-7H2,1-2H3,(H2,19,20)(H,21,28)(H,30,31);2*1H/t12?,15-;;/m1../s1. The number of thiazole rings is 1. The zero-order chi connectivity index (χ0) is 24.4. The summed E-state index contributed by atoms with van der Waals surface area (Å²) in [7, 11) is 3.90. The second-order valence-corrected chi connectivity index (χ2v) is 10.8. The molecule has 2 aromatic rings. The molecule has 0 spiro atoms. The molecule has 0 aliphatic carbocycles. The first-order valence-corrected chi connectivity index (χ1v) is 13.1. The summed E-state index contributed by atoms with van der Waals surface area (Å²) in [4.78, 5) is 44.5. The number of hydrogen-bond donors (Lipinski definition) is 3. The van der Waals surface area contributed by atoms with Gasteiger partial charge in [-0.1, -0.05) is 11.8 Å². The molecular formula is C18H25Cl2N9O4S3. The summed E-state index contributed by atoms with van der Waals surface area (Å²) in [6, 6.07) is -0.782. The van der Waals surface area contributed by atoms with Gasteiger partial charge in [0.05, 0.1) is 18.7 Å². The smallest absolute Gasteiger partial charge is 0.352 e. The van der Waals surface area contributed by atoms with Crippen molar-refractivity contribution >= 4 is 82.6 Å². The molecule has 0 aromatic carbocycles. The van der Waals surface area contributed by atoms with Crippen LogP contribution in [0.25, 0.3) is 0 Å². The van der Waals surface area contributed by atoms with Gasteiger partial charge in [0, 0.05) is 23.4 Å². The Labute approximate surface area is 231 Å². The quantitative estimate of drug-likeness (QED) is 0.251. The van der Waals surface area contributed by atoms with Gasteiger partial charge in [-0.3, -0.25) is 14.5 Å². The Morgan fingerprint density at radius 1 is 1.36 bits per heavy atom. The Balaban J connectivity index is 0.00000228. The summed E-state index contributed by atoms with van der Waals surface area (Å²) >= 11 is 3.98. The Bertz CT molecular complexity index is 1140. The van der Waals surface area contributed by atoms with Gasteiger partial charge in [-0.2, -0.15) is 0 Å². The topological polar surface area (TPSA) is 172 Å². The van der Waals surface area contributed by atoms with Crippen molar-refractivity contribution in [1.29, 1.82) is 0 Å². The number of nitrogens with one attached hydrogen (secondary N) is 1. The number of β-lactam (4-membered cyclic amide) rings is 1. The number of aromatic nitrogens is 5. The van der Waals surface area contributed by atoms with Crippen molar-refractivity contribution in [3.05, 3.63) is 22.3 Å². The maximum absolute atomic E-state index is 12.8. The minimum atomic E-state index is -1.18. The molecule has 4 N–H and O–H groups in total. The number of carboxylic acid groups (broad SMARTS) is 1. The average Bonchev–Trinajstić information content (AvgIpc) is 3.41. The summed E-state index contributed by atoms with van der Waals surface area (Å²) in [5.41, 5.74) is 6.68. The number of aliphatic carboxylic acids is 1. The van der Waals surface area contributed by atoms with E-state index >= 15 is 0 Å². The molecule has 2 atom stereocenters. The summed E-state index contributed by atoms with van der Waals surface area (Å²) in [5, 5.41) is 26.4. The fourth-order valence-electron chi connectivity index (χ4n) is 3.47. The summed E-state index contributed by atoms with van der Waals surface area (Å²) < 4.78 is 1.67. The van der Waals surface area contributed by atoms with Gasteiger partial charge in [0.15, 0.2) is 5.13 Å². The summed E-state index contributed by atoms with van der Waals surface area (Å²) in [5.74, 6) is -1.24. The van der Waals surface area contributed by atoms with E-state index in [1.165, 1.54) is 39.8 Å². The number of carbonyl (C=O) groups is 3. The number of carbonyl (C=O) groups excluding carboxylic acids is 2. The Morgan fingerprint density at radius 3 is 2.75 bits per heavy atom. The van der Waals surface area contributed by atoms with Crippen molar-refractivity contribution in [2.24, 2.45) is 0 Å². The van der Waals surface area contributed by atoms with Gasteiger partial charge in [-0.15, -0.1) is 53.0 Å². The largest absolute Gasteiger partial charge is 0.477 e. The van der Waals surface area contributed by atoms with E-state index in [-0.39, 0.29) is 42.8 Å². The number of nitrogen functional groups attached to an aromatic ring is 1. The molecule has 4 rings (SSSR count). The van der Waals surface area contributed by atoms with Gasteiger partial charge in [0.1, 0.15) is 17.1 Å². The van der Waals surface area contributed by atoms with Crippen molar-refractivity contribution in [3.8, 4) is 0 Å². The highest BCUT2D eigenvalue weighted by Gasteiger charge is 2.54. The predicted octanol–water partition coefficient (Wildman–Crippen LogP) is 0.190. The molecule has 1 saturated heterocycles. The van der Waals surface area contributed by atoms with Crippen LogP contribution < -0.4 is 11.1 Å². The number of thioether (sulfide) groups is 2. The van der Waals surface area contributed by atoms with Gasteiger partial charge in [0.2, 0.25) is 11.1 Å². The van der Waals surface area contributed by atoms with Crippen LogP contribution in [0.4, 0.5) is 5.13 Å². The molecule has 1 fully saturated rings. The van der Waals surface area contributed by atoms with Crippen LogP contribution in [0.5, 0.6) is 0 Å². The van der Waals surface area contributed by atoms with Crippen LogP contribution in [0, 0.1) is 0 Å². The summed E-state index contributed by atoms with van der Waals surface area (Å²) in [6.45, 7) is 1.36. The monoisotopic (exact) mass is 597 g/mol. The van der Waals surface area contributed by atoms with Gasteiger partial charge in [-0.25, -0.2) is 14.5 Å². The van der Waals surface area contributed by atoms with Crippen LogP contribution in [0.2, 0.25) is 0 Å². The van der Waals surface area contributed by atoms with Crippen LogP contribution >= 0.6 is 59.7 Å². The molecule has 0 saturated carbocycles. The number of rotatable bonds is 10. The maximum Gasteiger partial charge on any atom is 0.352 e. The van der Waals surface area contributed by atoms with Gasteiger partial charge in [-0.05, 0) is 30.1 Å². The third-order valence-corrected chi connectivity index (χ3v) is 8.22. The van der Waals surface area contributed by atoms with E-state index in [9.17, 15) is 19.5 Å². The van der Waals surface area contributed by atoms with Crippen LogP contribution in [-0.4, -0.2) is 101 Å². The number of carboxylic acids is 1. The van der Waals surface area contributed by atoms with Gasteiger partial charge >= 0.3 is 5.97 Å². The van der Waals surface area contributed by atoms with Crippen molar-refractivity contribution in [1.82, 2.24) is 40.3 Å². The van der Waals surface area contributed by atoms with Gasteiger partial charge < -0.3 is 21.1 Å². The number of nitrogens with zero attached hydrogens (tertiary/aromatic N) is 7. The molecule has 4 heterocycles. The third-order valence-electron chi connectivity index (χ3n) is 5.11. The lowest BCUT2D eigenvalue weighted by Crippen LogP contribution is -2.70. The van der Waals surface area contributed by atoms with Crippen molar-refractivity contribution in [2.45, 2.75) is 29.5 Å². The second-order valence-electron chi connectivity index (χ2n) is 7.84. The van der Waals surface area contributed by atoms with Crippen LogP contribution in [0.3, 0.4) is 0 Å². The van der Waals surface area contributed by atoms with E-state index < -0.39 is 23.3 Å². The lowest BCUT2D eigenvalue weighted by Gasteiger charge is -2.49. The highest BCUT2D eigenvalue weighted by atomic mass is 35.5. The highest BCUT2D eigenvalue weighted by Crippen LogP contribution is 2.41. The molecule has 2 aromatic heterocycles. The zero-order valence-electron chi connectivity index (χ0n) is 19.2. The van der Waals surface area contributed by atoms with Crippen LogP contribution in [0.15, 0.2) is 21.8 Å². The van der Waals surface area contributed by atoms with E-state index in [0.717, 1.165) is 6.54 Å². The number of fused-ring (bicyclic) bond motifs is 1. The number of anilines is 1. The number of halogens is 2. The van der Waals surface area contributed by atoms with Crippen LogP contribution in [0.1, 0.15) is 5.69 Å². The van der Waals surface area contributed by atoms with Crippen molar-refractivity contribution < 1.29 is 19.5 Å². The molecule has 0 radical (unpaired) electrons. The first-order valence-electron chi connectivity index (χ1n) is 10.2. The Kier molecular flexibility index (Phi) is 10.8. The molecule has 18 heteroatoms. The SMILES string of the molecule is CN(C)CCn1nnnc1SCC1=C(C(=O)O)N2C(=O)C(NC(=O)Cc3csc(N)n3)[C@H]2SC1.Cl.Cl. The van der Waals surface area contributed by atoms with Gasteiger partial charge in [0.25, 0.3) is 5.91 Å². The van der Waals surface area contributed by atoms with E-state index in [4.69, 9.17) is 5.73 Å². The number of tetrazole rings is 1. The first-order chi connectivity index (χ1) is 16.2. The second kappa shape index (κ2) is 12.9. The normalized spacial score (nSPS) is 18.8. The Hall–Kier alpha value is -2.11. The zero-order valence-corrected chi connectivity index (χ0v) is 23.3. The highest BCUT2D eigenvalue weighted by molar-refractivity contribution is 8.01. The lowest BCUT2D eigenvalue weighted by atomic mass is 10.0. The molecule has 2 amide bonds. The molecule has 2 aliphatic heterocycles. The number of nitrogens with two attached hydrogens (primary N) is 1. The minimum Gasteiger partial charge on any atom is -0.477 e. The average molecular weight is 599 g/mol. The van der Waals surface area contributed by atoms with Crippen molar-refractivity contribution in [3.63, 3.8) is 0 Å². The first kappa shape index (κ1) is 30.1. The number of hydrogen-bond acceptors (Lipinski definition) is 12. The molecule has 36 heavy (non-hydrogen) atoms. The predicted molar refractivity (Wildman–Crippen MR) is 142 cm³/mol. The third kappa shape index (κ3) is 6.60. The number of likely N-dealkylation sites (N-methyl/N-ethyl adjacent to an activating group) is 1. The fourth-order valence-corrected chi connectivity index (χ4v) is 6.42. The molecular weight excluding hydrogens is 573 g/mol. The minimum absolute atomic E-state index is 0. The van der Waals surface area contributed by atoms with Crippen LogP contribution in [-0.2, 0) is 27.3 Å². The van der Waals surface area contributed by atoms with E-state index in [0.29, 0.717) is 39.6 Å². The molecule has 0 bridgehead atoms.